The molecule has 1 aliphatic heterocycles. The van der Waals surface area contributed by atoms with Gasteiger partial charge in [-0.15, -0.1) is 0 Å². The molecule has 0 aromatic carbocycles. The summed E-state index contributed by atoms with van der Waals surface area (Å²) in [6.45, 7) is 3.34. The molecule has 1 aliphatic rings. The molecule has 0 amide bonds. The van der Waals surface area contributed by atoms with Crippen molar-refractivity contribution in [3.63, 3.8) is 0 Å². The number of aromatic carboxylic acids is 1. The summed E-state index contributed by atoms with van der Waals surface area (Å²) in [4.78, 5) is 17.2. The lowest BCUT2D eigenvalue weighted by molar-refractivity contribution is 0.0696. The van der Waals surface area contributed by atoms with E-state index in [0.29, 0.717) is 17.2 Å². The molecular weight excluding hydrogens is 232 g/mol. The Balaban J connectivity index is 2.12. The third-order valence-electron chi connectivity index (χ3n) is 3.59. The predicted octanol–water partition coefficient (Wildman–Crippen LogP) is 1.38. The summed E-state index contributed by atoms with van der Waals surface area (Å²) >= 11 is 0. The lowest BCUT2D eigenvalue weighted by atomic mass is 9.92. The van der Waals surface area contributed by atoms with Crippen molar-refractivity contribution in [3.8, 4) is 0 Å². The van der Waals surface area contributed by atoms with Crippen molar-refractivity contribution in [3.05, 3.63) is 24.0 Å². The summed E-state index contributed by atoms with van der Waals surface area (Å²) in [5.41, 5.74) is 0.967. The van der Waals surface area contributed by atoms with Gasteiger partial charge in [0.05, 0.1) is 23.6 Å². The molecule has 0 saturated carbocycles. The number of aliphatic hydroxyl groups is 1. The van der Waals surface area contributed by atoms with E-state index in [9.17, 15) is 9.90 Å². The lowest BCUT2D eigenvalue weighted by Gasteiger charge is -2.35. The van der Waals surface area contributed by atoms with Crippen LogP contribution in [0.25, 0.3) is 0 Å². The molecule has 18 heavy (non-hydrogen) atoms. The molecule has 1 atom stereocenters. The molecule has 5 nitrogen and oxygen atoms in total. The zero-order valence-electron chi connectivity index (χ0n) is 10.4. The summed E-state index contributed by atoms with van der Waals surface area (Å²) in [6, 6.07) is 1.53. The highest BCUT2D eigenvalue weighted by Crippen LogP contribution is 2.27. The Morgan fingerprint density at radius 1 is 1.50 bits per heavy atom. The molecular formula is C13H18N2O3. The molecule has 0 bridgehead atoms. The summed E-state index contributed by atoms with van der Waals surface area (Å²) in [6.07, 6.45) is 4.57. The number of anilines is 1. The van der Waals surface area contributed by atoms with Crippen molar-refractivity contribution in [2.45, 2.75) is 25.9 Å². The minimum atomic E-state index is -0.926. The first-order valence-corrected chi connectivity index (χ1v) is 6.20. The molecule has 0 spiro atoms. The summed E-state index contributed by atoms with van der Waals surface area (Å²) in [5, 5.41) is 18.7. The number of carboxylic acid groups (broad SMARTS) is 1. The fraction of sp³-hybridized carbons (Fsp3) is 0.538. The topological polar surface area (TPSA) is 73.7 Å². The number of aliphatic hydroxyl groups excluding tert-OH is 1. The molecule has 0 radical (unpaired) electrons. The molecule has 2 N–H and O–H groups in total. The molecule has 2 heterocycles. The van der Waals surface area contributed by atoms with Gasteiger partial charge in [-0.3, -0.25) is 4.98 Å². The second kappa shape index (κ2) is 5.35. The molecule has 5 heteroatoms. The van der Waals surface area contributed by atoms with E-state index in [4.69, 9.17) is 5.11 Å². The normalized spacial score (nSPS) is 18.7. The van der Waals surface area contributed by atoms with Gasteiger partial charge in [0.15, 0.2) is 0 Å². The van der Waals surface area contributed by atoms with E-state index in [2.05, 4.69) is 4.98 Å². The smallest absolute Gasteiger partial charge is 0.337 e. The van der Waals surface area contributed by atoms with Gasteiger partial charge < -0.3 is 15.1 Å². The number of aromatic nitrogens is 1. The number of rotatable bonds is 3. The van der Waals surface area contributed by atoms with Crippen LogP contribution in [-0.4, -0.2) is 40.4 Å². The zero-order valence-corrected chi connectivity index (χ0v) is 10.4. The van der Waals surface area contributed by atoms with Crippen LogP contribution in [0, 0.1) is 5.92 Å². The highest BCUT2D eigenvalue weighted by molar-refractivity contribution is 5.94. The second-order valence-corrected chi connectivity index (χ2v) is 4.76. The van der Waals surface area contributed by atoms with Crippen molar-refractivity contribution in [1.29, 1.82) is 0 Å². The highest BCUT2D eigenvalue weighted by atomic mass is 16.4. The number of carbonyl (C=O) groups is 1. The van der Waals surface area contributed by atoms with Gasteiger partial charge in [0.2, 0.25) is 0 Å². The first-order valence-electron chi connectivity index (χ1n) is 6.20. The van der Waals surface area contributed by atoms with E-state index >= 15 is 0 Å². The first kappa shape index (κ1) is 12.8. The van der Waals surface area contributed by atoms with Crippen molar-refractivity contribution < 1.29 is 15.0 Å². The van der Waals surface area contributed by atoms with E-state index in [1.807, 2.05) is 11.8 Å². The molecule has 1 aromatic heterocycles. The van der Waals surface area contributed by atoms with Gasteiger partial charge in [0, 0.05) is 19.3 Å². The number of hydrogen-bond acceptors (Lipinski definition) is 4. The van der Waals surface area contributed by atoms with Crippen LogP contribution >= 0.6 is 0 Å². The average Bonchev–Trinajstić information content (AvgIpc) is 2.39. The highest BCUT2D eigenvalue weighted by Gasteiger charge is 2.25. The van der Waals surface area contributed by atoms with Crippen molar-refractivity contribution in [2.24, 2.45) is 5.92 Å². The average molecular weight is 250 g/mol. The van der Waals surface area contributed by atoms with Crippen LogP contribution in [0.3, 0.4) is 0 Å². The number of pyridine rings is 1. The molecule has 1 fully saturated rings. The van der Waals surface area contributed by atoms with Crippen LogP contribution in [0.2, 0.25) is 0 Å². The van der Waals surface area contributed by atoms with Gasteiger partial charge >= 0.3 is 5.97 Å². The Morgan fingerprint density at radius 2 is 2.17 bits per heavy atom. The largest absolute Gasteiger partial charge is 0.478 e. The first-order chi connectivity index (χ1) is 8.59. The predicted molar refractivity (Wildman–Crippen MR) is 67.8 cm³/mol. The standard InChI is InChI=1S/C13H18N2O3/c1-9(16)10-3-6-15(7-4-10)12-8-14-5-2-11(12)13(17)18/h2,5,8-10,16H,3-4,6-7H2,1H3,(H,17,18). The summed E-state index contributed by atoms with van der Waals surface area (Å²) < 4.78 is 0. The molecule has 2 rings (SSSR count). The number of nitrogens with zero attached hydrogens (tertiary/aromatic N) is 2. The quantitative estimate of drug-likeness (QED) is 0.847. The SMILES string of the molecule is CC(O)C1CCN(c2cnccc2C(=O)O)CC1. The van der Waals surface area contributed by atoms with Crippen LogP contribution < -0.4 is 4.90 Å². The van der Waals surface area contributed by atoms with Crippen molar-refractivity contribution in [1.82, 2.24) is 4.98 Å². The third kappa shape index (κ3) is 2.61. The zero-order chi connectivity index (χ0) is 13.1. The number of carboxylic acids is 1. The van der Waals surface area contributed by atoms with E-state index in [-0.39, 0.29) is 6.10 Å². The van der Waals surface area contributed by atoms with Gasteiger partial charge in [-0.2, -0.15) is 0 Å². The molecule has 1 saturated heterocycles. The van der Waals surface area contributed by atoms with Gasteiger partial charge in [0.25, 0.3) is 0 Å². The Hall–Kier alpha value is -1.62. The minimum Gasteiger partial charge on any atom is -0.478 e. The molecule has 1 unspecified atom stereocenters. The maximum absolute atomic E-state index is 11.1. The van der Waals surface area contributed by atoms with Crippen molar-refractivity contribution >= 4 is 11.7 Å². The molecule has 0 aliphatic carbocycles. The van der Waals surface area contributed by atoms with Gasteiger partial charge in [-0.25, -0.2) is 4.79 Å². The van der Waals surface area contributed by atoms with Gasteiger partial charge in [-0.1, -0.05) is 0 Å². The Kier molecular flexibility index (Phi) is 3.81. The maximum atomic E-state index is 11.1. The van der Waals surface area contributed by atoms with Crippen molar-refractivity contribution in [2.75, 3.05) is 18.0 Å². The van der Waals surface area contributed by atoms with Crippen LogP contribution in [0.4, 0.5) is 5.69 Å². The number of hydrogen-bond donors (Lipinski definition) is 2. The summed E-state index contributed by atoms with van der Waals surface area (Å²) in [5.74, 6) is -0.615. The number of piperidine rings is 1. The summed E-state index contributed by atoms with van der Waals surface area (Å²) in [7, 11) is 0. The fourth-order valence-electron chi connectivity index (χ4n) is 2.44. The van der Waals surface area contributed by atoms with Gasteiger partial charge in [0.1, 0.15) is 0 Å². The van der Waals surface area contributed by atoms with Crippen LogP contribution in [0.1, 0.15) is 30.1 Å². The van der Waals surface area contributed by atoms with Crippen LogP contribution in [-0.2, 0) is 0 Å². The lowest BCUT2D eigenvalue weighted by Crippen LogP contribution is -2.37. The Morgan fingerprint density at radius 3 is 2.72 bits per heavy atom. The fourth-order valence-corrected chi connectivity index (χ4v) is 2.44. The third-order valence-corrected chi connectivity index (χ3v) is 3.59. The van der Waals surface area contributed by atoms with E-state index in [1.165, 1.54) is 12.3 Å². The Labute approximate surface area is 106 Å². The molecule has 98 valence electrons. The van der Waals surface area contributed by atoms with Gasteiger partial charge in [-0.05, 0) is 31.7 Å². The molecule has 1 aromatic rings. The van der Waals surface area contributed by atoms with E-state index in [1.54, 1.807) is 6.20 Å². The second-order valence-electron chi connectivity index (χ2n) is 4.76. The minimum absolute atomic E-state index is 0.292. The van der Waals surface area contributed by atoms with E-state index in [0.717, 1.165) is 25.9 Å². The van der Waals surface area contributed by atoms with Crippen LogP contribution in [0.15, 0.2) is 18.5 Å². The monoisotopic (exact) mass is 250 g/mol. The Bertz CT molecular complexity index is 426. The van der Waals surface area contributed by atoms with E-state index < -0.39 is 5.97 Å². The maximum Gasteiger partial charge on any atom is 0.337 e. The van der Waals surface area contributed by atoms with Crippen LogP contribution in [0.5, 0.6) is 0 Å².